The van der Waals surface area contributed by atoms with Gasteiger partial charge in [0.05, 0.1) is 16.8 Å². The molecular formula is C25H29N3O3. The molecule has 0 bridgehead atoms. The zero-order valence-electron chi connectivity index (χ0n) is 18.9. The van der Waals surface area contributed by atoms with Gasteiger partial charge in [0.1, 0.15) is 0 Å². The highest BCUT2D eigenvalue weighted by atomic mass is 16.2. The Bertz CT molecular complexity index is 1220. The number of pyridine rings is 1. The molecule has 1 aromatic heterocycles. The molecule has 0 spiro atoms. The summed E-state index contributed by atoms with van der Waals surface area (Å²) in [5.41, 5.74) is 4.39. The summed E-state index contributed by atoms with van der Waals surface area (Å²) in [7, 11) is 1.71. The van der Waals surface area contributed by atoms with Crippen LogP contribution < -0.4 is 15.8 Å². The Morgan fingerprint density at radius 2 is 1.81 bits per heavy atom. The molecule has 0 aliphatic carbocycles. The molecule has 31 heavy (non-hydrogen) atoms. The Balaban J connectivity index is 2.11. The summed E-state index contributed by atoms with van der Waals surface area (Å²) in [4.78, 5) is 39.0. The Labute approximate surface area is 182 Å². The molecule has 2 aromatic carbocycles. The van der Waals surface area contributed by atoms with Crippen LogP contribution in [-0.2, 0) is 11.3 Å². The number of aromatic nitrogens is 1. The van der Waals surface area contributed by atoms with Crippen LogP contribution in [0.2, 0.25) is 0 Å². The van der Waals surface area contributed by atoms with E-state index in [1.165, 1.54) is 6.92 Å². The van der Waals surface area contributed by atoms with Crippen molar-refractivity contribution in [3.63, 3.8) is 0 Å². The van der Waals surface area contributed by atoms with Crippen molar-refractivity contribution in [3.05, 3.63) is 69.5 Å². The molecule has 3 rings (SSSR count). The largest absolute Gasteiger partial charge is 0.326 e. The molecule has 0 aliphatic rings. The Morgan fingerprint density at radius 1 is 1.10 bits per heavy atom. The molecule has 0 aliphatic heterocycles. The van der Waals surface area contributed by atoms with Gasteiger partial charge in [0.15, 0.2) is 0 Å². The monoisotopic (exact) mass is 419 g/mol. The fraction of sp³-hybridized carbons (Fsp3) is 0.320. The van der Waals surface area contributed by atoms with Crippen LogP contribution in [-0.4, -0.2) is 23.4 Å². The standard InChI is InChI=1S/C25H29N3O3/c1-7-28-23-11-9-18(13-21(23)20(15(2)3)14-24(28)30)27(6)25(31)19-10-8-16(4)12-22(19)26-17(5)29/h8-15H,7H2,1-6H3,(H,26,29). The minimum atomic E-state index is -0.230. The third kappa shape index (κ3) is 4.38. The lowest BCUT2D eigenvalue weighted by atomic mass is 9.98. The highest BCUT2D eigenvalue weighted by Gasteiger charge is 2.20. The number of nitrogens with zero attached hydrogens (tertiary/aromatic N) is 2. The average Bonchev–Trinajstić information content (AvgIpc) is 2.71. The lowest BCUT2D eigenvalue weighted by Gasteiger charge is -2.22. The van der Waals surface area contributed by atoms with E-state index in [9.17, 15) is 14.4 Å². The lowest BCUT2D eigenvalue weighted by Crippen LogP contribution is -2.28. The molecule has 0 saturated heterocycles. The minimum absolute atomic E-state index is 0.0181. The first-order valence-corrected chi connectivity index (χ1v) is 10.5. The van der Waals surface area contributed by atoms with E-state index in [-0.39, 0.29) is 23.3 Å². The maximum atomic E-state index is 13.3. The molecule has 0 fully saturated rings. The third-order valence-electron chi connectivity index (χ3n) is 5.47. The average molecular weight is 420 g/mol. The van der Waals surface area contributed by atoms with Crippen molar-refractivity contribution in [2.45, 2.75) is 47.1 Å². The number of aryl methyl sites for hydroxylation is 2. The quantitative estimate of drug-likeness (QED) is 0.652. The van der Waals surface area contributed by atoms with Gasteiger partial charge in [-0.25, -0.2) is 0 Å². The van der Waals surface area contributed by atoms with E-state index < -0.39 is 0 Å². The summed E-state index contributed by atoms with van der Waals surface area (Å²) in [6.45, 7) is 9.96. The molecule has 2 amide bonds. The second-order valence-corrected chi connectivity index (χ2v) is 8.13. The number of anilines is 2. The molecule has 0 atom stereocenters. The van der Waals surface area contributed by atoms with Gasteiger partial charge in [-0.15, -0.1) is 0 Å². The first kappa shape index (κ1) is 22.3. The minimum Gasteiger partial charge on any atom is -0.326 e. The number of carbonyl (C=O) groups excluding carboxylic acids is 2. The van der Waals surface area contributed by atoms with Crippen LogP contribution in [0.15, 0.2) is 47.3 Å². The normalized spacial score (nSPS) is 11.1. The summed E-state index contributed by atoms with van der Waals surface area (Å²) in [6.07, 6.45) is 0. The predicted octanol–water partition coefficient (Wildman–Crippen LogP) is 4.69. The van der Waals surface area contributed by atoms with E-state index in [0.717, 1.165) is 27.7 Å². The topological polar surface area (TPSA) is 71.4 Å². The van der Waals surface area contributed by atoms with Gasteiger partial charge >= 0.3 is 0 Å². The van der Waals surface area contributed by atoms with E-state index in [1.54, 1.807) is 34.7 Å². The van der Waals surface area contributed by atoms with Gasteiger partial charge in [-0.05, 0) is 61.2 Å². The zero-order chi connectivity index (χ0) is 22.9. The molecule has 0 saturated carbocycles. The van der Waals surface area contributed by atoms with Crippen molar-refractivity contribution >= 4 is 34.1 Å². The molecule has 0 radical (unpaired) electrons. The van der Waals surface area contributed by atoms with Crippen LogP contribution in [0.25, 0.3) is 10.9 Å². The van der Waals surface area contributed by atoms with Gasteiger partial charge in [-0.3, -0.25) is 14.4 Å². The summed E-state index contributed by atoms with van der Waals surface area (Å²) in [6, 6.07) is 12.8. The number of fused-ring (bicyclic) bond motifs is 1. The third-order valence-corrected chi connectivity index (χ3v) is 5.47. The van der Waals surface area contributed by atoms with Crippen LogP contribution in [0.4, 0.5) is 11.4 Å². The van der Waals surface area contributed by atoms with Crippen LogP contribution in [0.1, 0.15) is 55.1 Å². The summed E-state index contributed by atoms with van der Waals surface area (Å²) in [5.74, 6) is -0.286. The number of amides is 2. The van der Waals surface area contributed by atoms with E-state index in [2.05, 4.69) is 19.2 Å². The fourth-order valence-electron chi connectivity index (χ4n) is 3.85. The number of nitrogens with one attached hydrogen (secondary N) is 1. The van der Waals surface area contributed by atoms with Crippen molar-refractivity contribution in [1.82, 2.24) is 4.57 Å². The maximum absolute atomic E-state index is 13.3. The van der Waals surface area contributed by atoms with E-state index in [1.807, 2.05) is 38.1 Å². The lowest BCUT2D eigenvalue weighted by molar-refractivity contribution is -0.114. The first-order chi connectivity index (χ1) is 14.6. The van der Waals surface area contributed by atoms with Crippen molar-refractivity contribution in [2.24, 2.45) is 0 Å². The molecule has 1 heterocycles. The number of hydrogen-bond acceptors (Lipinski definition) is 3. The molecule has 6 nitrogen and oxygen atoms in total. The van der Waals surface area contributed by atoms with Crippen molar-refractivity contribution < 1.29 is 9.59 Å². The van der Waals surface area contributed by atoms with E-state index >= 15 is 0 Å². The summed E-state index contributed by atoms with van der Waals surface area (Å²) >= 11 is 0. The van der Waals surface area contributed by atoms with Crippen LogP contribution in [0.5, 0.6) is 0 Å². The molecule has 3 aromatic rings. The van der Waals surface area contributed by atoms with Gasteiger partial charge in [-0.1, -0.05) is 19.9 Å². The number of carbonyl (C=O) groups is 2. The molecule has 1 N–H and O–H groups in total. The van der Waals surface area contributed by atoms with Crippen molar-refractivity contribution in [3.8, 4) is 0 Å². The summed E-state index contributed by atoms with van der Waals surface area (Å²) < 4.78 is 1.74. The smallest absolute Gasteiger partial charge is 0.260 e. The van der Waals surface area contributed by atoms with Gasteiger partial charge in [0, 0.05) is 37.7 Å². The highest BCUT2D eigenvalue weighted by Crippen LogP contribution is 2.29. The summed E-state index contributed by atoms with van der Waals surface area (Å²) in [5, 5.41) is 3.71. The van der Waals surface area contributed by atoms with Gasteiger partial charge in [0.2, 0.25) is 5.91 Å². The Hall–Kier alpha value is -3.41. The van der Waals surface area contributed by atoms with Crippen molar-refractivity contribution in [2.75, 3.05) is 17.3 Å². The first-order valence-electron chi connectivity index (χ1n) is 10.5. The van der Waals surface area contributed by atoms with Crippen molar-refractivity contribution in [1.29, 1.82) is 0 Å². The molecule has 162 valence electrons. The van der Waals surface area contributed by atoms with Gasteiger partial charge in [-0.2, -0.15) is 0 Å². The Morgan fingerprint density at radius 3 is 2.42 bits per heavy atom. The number of benzene rings is 2. The van der Waals surface area contributed by atoms with Crippen LogP contribution in [0, 0.1) is 6.92 Å². The van der Waals surface area contributed by atoms with E-state index in [0.29, 0.717) is 17.8 Å². The van der Waals surface area contributed by atoms with Gasteiger partial charge in [0.25, 0.3) is 11.5 Å². The van der Waals surface area contributed by atoms with E-state index in [4.69, 9.17) is 0 Å². The van der Waals surface area contributed by atoms with Crippen LogP contribution >= 0.6 is 0 Å². The predicted molar refractivity (Wildman–Crippen MR) is 126 cm³/mol. The molecular weight excluding hydrogens is 390 g/mol. The second-order valence-electron chi connectivity index (χ2n) is 8.13. The second kappa shape index (κ2) is 8.76. The maximum Gasteiger partial charge on any atom is 0.260 e. The highest BCUT2D eigenvalue weighted by molar-refractivity contribution is 6.11. The molecule has 0 unspecified atom stereocenters. The number of hydrogen-bond donors (Lipinski definition) is 1. The van der Waals surface area contributed by atoms with Crippen LogP contribution in [0.3, 0.4) is 0 Å². The SMILES string of the molecule is CCn1c(=O)cc(C(C)C)c2cc(N(C)C(=O)c3ccc(C)cc3NC(C)=O)ccc21. The fourth-order valence-corrected chi connectivity index (χ4v) is 3.85. The molecule has 6 heteroatoms. The zero-order valence-corrected chi connectivity index (χ0v) is 18.9. The Kier molecular flexibility index (Phi) is 6.29. The van der Waals surface area contributed by atoms with Gasteiger partial charge < -0.3 is 14.8 Å². The number of rotatable bonds is 5.